The average molecular weight is 1740 g/mol. The van der Waals surface area contributed by atoms with Crippen LogP contribution in [0.5, 0.6) is 0 Å². The summed E-state index contributed by atoms with van der Waals surface area (Å²) in [7, 11) is 0. The summed E-state index contributed by atoms with van der Waals surface area (Å²) in [6.45, 7) is 54.0. The molecule has 0 N–H and O–H groups in total. The molecule has 0 aromatic heterocycles. The molecule has 0 radical (unpaired) electrons. The molecular formula is C90H168N4O27. The molecule has 3 unspecified atom stereocenters. The Morgan fingerprint density at radius 1 is 0.165 bits per heavy atom. The van der Waals surface area contributed by atoms with Crippen molar-refractivity contribution in [3.8, 4) is 0 Å². The first-order valence-electron chi connectivity index (χ1n) is 45.1. The zero-order valence-electron chi connectivity index (χ0n) is 79.8. The molecule has 0 rings (SSSR count). The Kier molecular flexibility index (Phi) is 63.0. The number of hydrogen-bond donors (Lipinski definition) is 0. The van der Waals surface area contributed by atoms with Gasteiger partial charge < -0.3 is 85.3 Å². The van der Waals surface area contributed by atoms with Gasteiger partial charge in [0, 0.05) is 78.5 Å². The maximum absolute atomic E-state index is 13.5. The van der Waals surface area contributed by atoms with Crippen LogP contribution in [0.4, 0.5) is 43.2 Å². The number of carbonyl (C=O) groups is 9. The lowest BCUT2D eigenvalue weighted by Gasteiger charge is -2.26. The lowest BCUT2D eigenvalue weighted by atomic mass is 9.98. The summed E-state index contributed by atoms with van der Waals surface area (Å²) in [4.78, 5) is 126. The van der Waals surface area contributed by atoms with Gasteiger partial charge in [-0.15, -0.1) is 0 Å². The van der Waals surface area contributed by atoms with Gasteiger partial charge in [0.1, 0.15) is 114 Å². The second-order valence-corrected chi connectivity index (χ2v) is 37.4. The summed E-state index contributed by atoms with van der Waals surface area (Å²) in [5.41, 5.74) is 0. The Hall–Kier alpha value is -6.73. The van der Waals surface area contributed by atoms with Crippen molar-refractivity contribution in [2.75, 3.05) is 138 Å². The first-order chi connectivity index (χ1) is 56.7. The van der Waals surface area contributed by atoms with Crippen molar-refractivity contribution in [3.05, 3.63) is 0 Å². The molecule has 0 amide bonds. The Labute approximate surface area is 728 Å². The number of rotatable bonds is 66. The summed E-state index contributed by atoms with van der Waals surface area (Å²) in [5.74, 6) is 3.39. The molecule has 121 heavy (non-hydrogen) atoms. The standard InChI is InChI=1S/C90H168N4O27/c1-61(2)46-76(47-62(3)4)116-85(98)107-40-31-92(32-41-108-86(99)117-77(48-63(5)6)49-64(7)8)58-73(25)113-82(95)104-37-28-91(29-38-105-83(96)114-74(26)59-93(33-42-109-87(100)118-78(50-65(9)10)51-66(11)12)34-43-110-88(101)119-79(52-67(13)14)53-68(15)16)30-39-106-84(97)115-75(27)60-94(35-44-111-89(102)120-80(54-69(17)18)55-70(19)20)36-45-112-90(103)121-81(56-71(21)22)57-72(23)24/h61-81H,28-60H2,1-27H3. The first kappa shape index (κ1) is 114. The molecule has 0 spiro atoms. The van der Waals surface area contributed by atoms with E-state index in [-0.39, 0.29) is 246 Å². The van der Waals surface area contributed by atoms with E-state index in [1.54, 1.807) is 40.4 Å². The highest BCUT2D eigenvalue weighted by Crippen LogP contribution is 2.24. The van der Waals surface area contributed by atoms with E-state index in [9.17, 15) is 43.2 Å². The molecule has 0 aromatic rings. The fraction of sp³-hybridized carbons (Fsp3) is 0.900. The van der Waals surface area contributed by atoms with E-state index in [2.05, 4.69) is 166 Å². The van der Waals surface area contributed by atoms with Crippen LogP contribution in [0.1, 0.15) is 264 Å². The van der Waals surface area contributed by atoms with E-state index in [1.807, 2.05) is 0 Å². The van der Waals surface area contributed by atoms with Crippen LogP contribution in [-0.2, 0) is 85.3 Å². The second-order valence-electron chi connectivity index (χ2n) is 37.4. The fourth-order valence-electron chi connectivity index (χ4n) is 13.8. The normalized spacial score (nSPS) is 12.9. The van der Waals surface area contributed by atoms with Crippen LogP contribution in [0.2, 0.25) is 0 Å². The van der Waals surface area contributed by atoms with Crippen molar-refractivity contribution in [3.63, 3.8) is 0 Å². The van der Waals surface area contributed by atoms with Gasteiger partial charge in [0.15, 0.2) is 0 Å². The van der Waals surface area contributed by atoms with Crippen LogP contribution in [-0.4, -0.2) is 268 Å². The smallest absolute Gasteiger partial charge is 0.433 e. The molecule has 0 saturated heterocycles. The van der Waals surface area contributed by atoms with Gasteiger partial charge >= 0.3 is 55.4 Å². The largest absolute Gasteiger partial charge is 0.508 e. The predicted octanol–water partition coefficient (Wildman–Crippen LogP) is 19.5. The summed E-state index contributed by atoms with van der Waals surface area (Å²) in [6, 6.07) is 0. The lowest BCUT2D eigenvalue weighted by Crippen LogP contribution is -2.40. The summed E-state index contributed by atoms with van der Waals surface area (Å²) in [5, 5.41) is 0. The van der Waals surface area contributed by atoms with Crippen molar-refractivity contribution < 1.29 is 128 Å². The highest BCUT2D eigenvalue weighted by Gasteiger charge is 2.29. The lowest BCUT2D eigenvalue weighted by molar-refractivity contribution is -0.0102. The van der Waals surface area contributed by atoms with Gasteiger partial charge in [-0.25, -0.2) is 43.2 Å². The Balaban J connectivity index is 6.88. The van der Waals surface area contributed by atoms with Crippen molar-refractivity contribution in [2.45, 2.75) is 319 Å². The Bertz CT molecular complexity index is 2280. The van der Waals surface area contributed by atoms with Gasteiger partial charge in [0.05, 0.1) is 0 Å². The monoisotopic (exact) mass is 1740 g/mol. The predicted molar refractivity (Wildman–Crippen MR) is 462 cm³/mol. The van der Waals surface area contributed by atoms with Crippen molar-refractivity contribution in [1.29, 1.82) is 0 Å². The van der Waals surface area contributed by atoms with E-state index in [4.69, 9.17) is 85.3 Å². The van der Waals surface area contributed by atoms with E-state index < -0.39 is 73.7 Å². The Morgan fingerprint density at radius 3 is 0.388 bits per heavy atom. The average Bonchev–Trinajstić information content (AvgIpc) is 0.917. The highest BCUT2D eigenvalue weighted by atomic mass is 16.8. The maximum atomic E-state index is 13.5. The molecule has 0 saturated carbocycles. The quantitative estimate of drug-likeness (QED) is 0.0403. The van der Waals surface area contributed by atoms with Crippen molar-refractivity contribution >= 4 is 55.4 Å². The molecule has 0 aliphatic heterocycles. The molecule has 0 aliphatic carbocycles. The van der Waals surface area contributed by atoms with E-state index in [0.717, 1.165) is 0 Å². The van der Waals surface area contributed by atoms with Gasteiger partial charge in [-0.3, -0.25) is 19.6 Å². The summed E-state index contributed by atoms with van der Waals surface area (Å²) < 4.78 is 102. The van der Waals surface area contributed by atoms with E-state index in [1.165, 1.54) is 0 Å². The number of carbonyl (C=O) groups excluding carboxylic acids is 9. The number of nitrogens with zero attached hydrogens (tertiary/aromatic N) is 4. The molecule has 31 heteroatoms. The molecule has 0 aliphatic rings. The topological polar surface area (TPSA) is 333 Å². The minimum absolute atomic E-state index is 0.00328. The zero-order chi connectivity index (χ0) is 91.7. The van der Waals surface area contributed by atoms with Crippen LogP contribution in [0.3, 0.4) is 0 Å². The Morgan fingerprint density at radius 2 is 0.273 bits per heavy atom. The third-order valence-electron chi connectivity index (χ3n) is 18.5. The van der Waals surface area contributed by atoms with Crippen LogP contribution in [0, 0.1) is 71.0 Å². The van der Waals surface area contributed by atoms with Crippen LogP contribution >= 0.6 is 0 Å². The molecule has 3 atom stereocenters. The summed E-state index contributed by atoms with van der Waals surface area (Å²) >= 11 is 0. The molecule has 0 bridgehead atoms. The summed E-state index contributed by atoms with van der Waals surface area (Å²) in [6.07, 6.45) is -4.37. The van der Waals surface area contributed by atoms with Crippen LogP contribution < -0.4 is 0 Å². The zero-order valence-corrected chi connectivity index (χ0v) is 79.8. The third-order valence-corrected chi connectivity index (χ3v) is 18.5. The number of ether oxygens (including phenoxy) is 18. The first-order valence-corrected chi connectivity index (χ1v) is 45.1. The second kappa shape index (κ2) is 66.7. The minimum Gasteiger partial charge on any atom is -0.433 e. The minimum atomic E-state index is -1.03. The third kappa shape index (κ3) is 68.3. The molecule has 0 aromatic carbocycles. The molecule has 0 fully saturated rings. The highest BCUT2D eigenvalue weighted by molar-refractivity contribution is 5.63. The van der Waals surface area contributed by atoms with Gasteiger partial charge in [0.25, 0.3) is 0 Å². The van der Waals surface area contributed by atoms with Gasteiger partial charge in [0.2, 0.25) is 0 Å². The SMILES string of the molecule is CC(C)CC(CC(C)C)OC(=O)OCCN(CCOC(=O)OC(CC(C)C)CC(C)C)CC(C)OC(=O)OCCN(CCOC(=O)OC(C)CN(CCOC(=O)OC(CC(C)C)CC(C)C)CCOC(=O)OC(CC(C)C)CC(C)C)CCOC(=O)OC(C)CN(CCOC(=O)OC(CC(C)C)CC(C)C)CCOC(=O)OC(CC(C)C)CC(C)C. The van der Waals surface area contributed by atoms with Gasteiger partial charge in [-0.05, 0) is 169 Å². The number of hydrogen-bond acceptors (Lipinski definition) is 31. The molecule has 0 heterocycles. The van der Waals surface area contributed by atoms with Gasteiger partial charge in [-0.2, -0.15) is 0 Å². The van der Waals surface area contributed by atoms with E-state index >= 15 is 0 Å². The molecular weight excluding hydrogens is 1570 g/mol. The fourth-order valence-corrected chi connectivity index (χ4v) is 13.8. The van der Waals surface area contributed by atoms with Gasteiger partial charge in [-0.1, -0.05) is 166 Å². The van der Waals surface area contributed by atoms with Crippen LogP contribution in [0.15, 0.2) is 0 Å². The van der Waals surface area contributed by atoms with Crippen molar-refractivity contribution in [2.24, 2.45) is 71.0 Å². The van der Waals surface area contributed by atoms with E-state index in [0.29, 0.717) is 77.0 Å². The molecule has 710 valence electrons. The van der Waals surface area contributed by atoms with Crippen LogP contribution in [0.25, 0.3) is 0 Å². The molecule has 31 nitrogen and oxygen atoms in total. The van der Waals surface area contributed by atoms with Crippen molar-refractivity contribution in [1.82, 2.24) is 19.6 Å². The maximum Gasteiger partial charge on any atom is 0.508 e.